The van der Waals surface area contributed by atoms with Crippen molar-refractivity contribution in [2.45, 2.75) is 38.0 Å². The zero-order valence-electron chi connectivity index (χ0n) is 14.2. The number of rotatable bonds is 4. The molecular formula is C18H21BrN2O2S. The summed E-state index contributed by atoms with van der Waals surface area (Å²) in [5.74, 6) is 0. The number of nitrogens with zero attached hydrogens (tertiary/aromatic N) is 1. The Morgan fingerprint density at radius 3 is 2.29 bits per heavy atom. The lowest BCUT2D eigenvalue weighted by atomic mass is 9.86. The zero-order valence-corrected chi connectivity index (χ0v) is 16.6. The van der Waals surface area contributed by atoms with Crippen molar-refractivity contribution in [3.63, 3.8) is 0 Å². The van der Waals surface area contributed by atoms with E-state index in [9.17, 15) is 8.42 Å². The fraction of sp³-hybridized carbons (Fsp3) is 0.278. The van der Waals surface area contributed by atoms with Crippen molar-refractivity contribution in [2.75, 3.05) is 0 Å². The highest BCUT2D eigenvalue weighted by atomic mass is 79.9. The standard InChI is InChI=1S/C18H21BrN2O2S/c1-13-5-7-17(8-6-13)24(22,23)21-20-12-14-9-15(18(2,3)4)11-16(19)10-14/h5-12,21H,1-4H3/b20-12+. The summed E-state index contributed by atoms with van der Waals surface area (Å²) in [5.41, 5.74) is 2.95. The highest BCUT2D eigenvalue weighted by Gasteiger charge is 2.15. The van der Waals surface area contributed by atoms with Gasteiger partial charge in [-0.05, 0) is 53.8 Å². The molecule has 0 aliphatic carbocycles. The first-order valence-electron chi connectivity index (χ1n) is 7.50. The van der Waals surface area contributed by atoms with Gasteiger partial charge in [0, 0.05) is 4.47 Å². The third kappa shape index (κ3) is 4.92. The van der Waals surface area contributed by atoms with Gasteiger partial charge in [-0.25, -0.2) is 4.83 Å². The van der Waals surface area contributed by atoms with Crippen LogP contribution in [0.3, 0.4) is 0 Å². The van der Waals surface area contributed by atoms with Crippen LogP contribution < -0.4 is 4.83 Å². The number of nitrogens with one attached hydrogen (secondary N) is 1. The molecule has 2 aromatic rings. The minimum absolute atomic E-state index is 0.00618. The van der Waals surface area contributed by atoms with Crippen molar-refractivity contribution >= 4 is 32.2 Å². The van der Waals surface area contributed by atoms with Crippen LogP contribution in [0.25, 0.3) is 0 Å². The van der Waals surface area contributed by atoms with Gasteiger partial charge in [0.05, 0.1) is 11.1 Å². The normalized spacial score (nSPS) is 12.5. The summed E-state index contributed by atoms with van der Waals surface area (Å²) in [6.07, 6.45) is 1.51. The van der Waals surface area contributed by atoms with E-state index in [4.69, 9.17) is 0 Å². The molecule has 0 aliphatic heterocycles. The molecule has 0 atom stereocenters. The molecule has 4 nitrogen and oxygen atoms in total. The van der Waals surface area contributed by atoms with Crippen molar-refractivity contribution in [3.8, 4) is 0 Å². The molecule has 1 N–H and O–H groups in total. The molecule has 0 spiro atoms. The number of hydrogen-bond donors (Lipinski definition) is 1. The van der Waals surface area contributed by atoms with Gasteiger partial charge in [-0.2, -0.15) is 13.5 Å². The van der Waals surface area contributed by atoms with Crippen LogP contribution in [-0.4, -0.2) is 14.6 Å². The van der Waals surface area contributed by atoms with Crippen LogP contribution in [0.4, 0.5) is 0 Å². The monoisotopic (exact) mass is 408 g/mol. The SMILES string of the molecule is Cc1ccc(S(=O)(=O)N/N=C/c2cc(Br)cc(C(C)(C)C)c2)cc1. The molecule has 2 aromatic carbocycles. The van der Waals surface area contributed by atoms with E-state index in [0.717, 1.165) is 21.2 Å². The first kappa shape index (κ1) is 18.7. The molecular weight excluding hydrogens is 388 g/mol. The number of sulfonamides is 1. The van der Waals surface area contributed by atoms with Gasteiger partial charge < -0.3 is 0 Å². The maximum Gasteiger partial charge on any atom is 0.276 e. The van der Waals surface area contributed by atoms with Gasteiger partial charge in [0.1, 0.15) is 0 Å². The van der Waals surface area contributed by atoms with E-state index in [-0.39, 0.29) is 10.3 Å². The Morgan fingerprint density at radius 1 is 1.08 bits per heavy atom. The first-order valence-corrected chi connectivity index (χ1v) is 9.78. The Hall–Kier alpha value is -1.66. The van der Waals surface area contributed by atoms with E-state index in [2.05, 4.69) is 46.6 Å². The molecule has 0 aliphatic rings. The van der Waals surface area contributed by atoms with Gasteiger partial charge >= 0.3 is 0 Å². The number of hydrazone groups is 1. The van der Waals surface area contributed by atoms with Crippen LogP contribution in [0, 0.1) is 6.92 Å². The van der Waals surface area contributed by atoms with Crippen molar-refractivity contribution in [1.29, 1.82) is 0 Å². The molecule has 0 saturated carbocycles. The van der Waals surface area contributed by atoms with Gasteiger partial charge in [0.15, 0.2) is 0 Å². The van der Waals surface area contributed by atoms with Crippen molar-refractivity contribution in [2.24, 2.45) is 5.10 Å². The van der Waals surface area contributed by atoms with Crippen LogP contribution in [-0.2, 0) is 15.4 Å². The molecule has 2 rings (SSSR count). The molecule has 0 saturated heterocycles. The molecule has 128 valence electrons. The van der Waals surface area contributed by atoms with Crippen LogP contribution in [0.15, 0.2) is 56.9 Å². The molecule has 0 radical (unpaired) electrons. The fourth-order valence-corrected chi connectivity index (χ4v) is 3.36. The average Bonchev–Trinajstić information content (AvgIpc) is 2.46. The smallest absolute Gasteiger partial charge is 0.200 e. The van der Waals surface area contributed by atoms with E-state index in [1.807, 2.05) is 25.1 Å². The Bertz CT molecular complexity index is 852. The maximum atomic E-state index is 12.2. The van der Waals surface area contributed by atoms with Gasteiger partial charge in [0.25, 0.3) is 10.0 Å². The molecule has 24 heavy (non-hydrogen) atoms. The quantitative estimate of drug-likeness (QED) is 0.602. The fourth-order valence-electron chi connectivity index (χ4n) is 2.06. The highest BCUT2D eigenvalue weighted by molar-refractivity contribution is 9.10. The molecule has 0 unspecified atom stereocenters. The Kier molecular flexibility index (Phi) is 5.50. The van der Waals surface area contributed by atoms with Gasteiger partial charge in [-0.1, -0.05) is 54.4 Å². The summed E-state index contributed by atoms with van der Waals surface area (Å²) in [7, 11) is -3.66. The van der Waals surface area contributed by atoms with Crippen LogP contribution >= 0.6 is 15.9 Å². The van der Waals surface area contributed by atoms with Gasteiger partial charge in [-0.3, -0.25) is 0 Å². The van der Waals surface area contributed by atoms with Crippen molar-refractivity contribution in [3.05, 3.63) is 63.6 Å². The molecule has 0 fully saturated rings. The van der Waals surface area contributed by atoms with Crippen LogP contribution in [0.5, 0.6) is 0 Å². The molecule has 0 amide bonds. The van der Waals surface area contributed by atoms with E-state index in [0.29, 0.717) is 0 Å². The summed E-state index contributed by atoms with van der Waals surface area (Å²) in [4.78, 5) is 2.44. The predicted octanol–water partition coefficient (Wildman–Crippen LogP) is 4.37. The third-order valence-electron chi connectivity index (χ3n) is 3.50. The predicted molar refractivity (Wildman–Crippen MR) is 102 cm³/mol. The number of hydrogen-bond acceptors (Lipinski definition) is 3. The van der Waals surface area contributed by atoms with Gasteiger partial charge in [0.2, 0.25) is 0 Å². The second-order valence-electron chi connectivity index (χ2n) is 6.69. The van der Waals surface area contributed by atoms with Crippen molar-refractivity contribution in [1.82, 2.24) is 4.83 Å². The lowest BCUT2D eigenvalue weighted by molar-refractivity contribution is 0.584. The Morgan fingerprint density at radius 2 is 1.71 bits per heavy atom. The highest BCUT2D eigenvalue weighted by Crippen LogP contribution is 2.26. The van der Waals surface area contributed by atoms with E-state index in [1.54, 1.807) is 24.3 Å². The number of benzene rings is 2. The summed E-state index contributed by atoms with van der Waals surface area (Å²) in [6.45, 7) is 8.27. The van der Waals surface area contributed by atoms with Gasteiger partial charge in [-0.15, -0.1) is 0 Å². The largest absolute Gasteiger partial charge is 0.276 e. The summed E-state index contributed by atoms with van der Waals surface area (Å²) in [6, 6.07) is 12.6. The maximum absolute atomic E-state index is 12.2. The number of aryl methyl sites for hydroxylation is 1. The summed E-state index contributed by atoms with van der Waals surface area (Å²) in [5, 5.41) is 3.89. The molecule has 6 heteroatoms. The summed E-state index contributed by atoms with van der Waals surface area (Å²) < 4.78 is 25.3. The van der Waals surface area contributed by atoms with E-state index >= 15 is 0 Å². The first-order chi connectivity index (χ1) is 11.1. The van der Waals surface area contributed by atoms with Crippen LogP contribution in [0.1, 0.15) is 37.5 Å². The van der Waals surface area contributed by atoms with E-state index < -0.39 is 10.0 Å². The number of halogens is 1. The second-order valence-corrected chi connectivity index (χ2v) is 9.27. The topological polar surface area (TPSA) is 58.5 Å². The summed E-state index contributed by atoms with van der Waals surface area (Å²) >= 11 is 3.48. The van der Waals surface area contributed by atoms with E-state index in [1.165, 1.54) is 6.21 Å². The minimum atomic E-state index is -3.66. The Labute approximate surface area is 152 Å². The van der Waals surface area contributed by atoms with Crippen LogP contribution in [0.2, 0.25) is 0 Å². The molecule has 0 aromatic heterocycles. The minimum Gasteiger partial charge on any atom is -0.200 e. The Balaban J connectivity index is 2.20. The second kappa shape index (κ2) is 7.07. The third-order valence-corrected chi connectivity index (χ3v) is 5.20. The lowest BCUT2D eigenvalue weighted by Crippen LogP contribution is -2.18. The lowest BCUT2D eigenvalue weighted by Gasteiger charge is -2.19. The molecule has 0 heterocycles. The average molecular weight is 409 g/mol. The molecule has 0 bridgehead atoms. The zero-order chi connectivity index (χ0) is 18.0. The van der Waals surface area contributed by atoms with Crippen molar-refractivity contribution < 1.29 is 8.42 Å².